The molecule has 0 bridgehead atoms. The molecule has 37 nitrogen and oxygen atoms in total. The molecule has 526 valence electrons. The number of nitrogens with zero attached hydrogens (tertiary/aromatic N) is 2. The zero-order valence-corrected chi connectivity index (χ0v) is 53.7. The summed E-state index contributed by atoms with van der Waals surface area (Å²) in [5.74, 6) is -20.6. The minimum absolute atomic E-state index is 0.00522. The zero-order valence-electron chi connectivity index (χ0n) is 53.7. The number of aliphatic carboxylic acids is 2. The van der Waals surface area contributed by atoms with Gasteiger partial charge in [0.05, 0.1) is 32.8 Å². The van der Waals surface area contributed by atoms with Gasteiger partial charge in [-0.05, 0) is 76.5 Å². The highest BCUT2D eigenvalue weighted by Crippen LogP contribution is 2.22. The van der Waals surface area contributed by atoms with E-state index < -0.39 is 249 Å². The summed E-state index contributed by atoms with van der Waals surface area (Å²) in [6.45, 7) is 7.83. The molecule has 0 radical (unpaired) electrons. The van der Waals surface area contributed by atoms with Gasteiger partial charge >= 0.3 is 11.9 Å². The molecular weight excluding hydrogens is 1250 g/mol. The van der Waals surface area contributed by atoms with E-state index in [1.54, 1.807) is 41.5 Å². The number of carbonyl (C=O) groups excluding carboxylic acids is 15. The summed E-state index contributed by atoms with van der Waals surface area (Å²) in [6, 6.07) is -21.1. The topological polar surface area (TPSA) is 568 Å². The lowest BCUT2D eigenvalue weighted by Gasteiger charge is -2.31. The molecule has 0 spiro atoms. The summed E-state index contributed by atoms with van der Waals surface area (Å²) in [4.78, 5) is 231. The number of nitrogens with one attached hydrogen (secondary N) is 12. The fraction of sp³-hybridized carbons (Fsp3) is 0.702. The van der Waals surface area contributed by atoms with Gasteiger partial charge in [-0.1, -0.05) is 41.5 Å². The van der Waals surface area contributed by atoms with Gasteiger partial charge in [-0.2, -0.15) is 0 Å². The lowest BCUT2D eigenvalue weighted by molar-refractivity contribution is -0.143. The van der Waals surface area contributed by atoms with E-state index in [0.717, 1.165) is 23.6 Å². The number of hydrogen-bond donors (Lipinski definition) is 18. The Morgan fingerprint density at radius 1 is 0.447 bits per heavy atom. The van der Waals surface area contributed by atoms with Crippen LogP contribution in [0.3, 0.4) is 0 Å². The highest BCUT2D eigenvalue weighted by Gasteiger charge is 2.43. The number of aliphatic hydroxyl groups is 3. The number of carbonyl (C=O) groups is 17. The van der Waals surface area contributed by atoms with Crippen molar-refractivity contribution in [3.63, 3.8) is 0 Å². The third kappa shape index (κ3) is 24.1. The molecule has 15 amide bonds. The maximum absolute atomic E-state index is 14.1. The number of carboxylic acid groups (broad SMARTS) is 2. The SMILES string of the molecule is CC(C)C[C@@H]1NC(=O)[C@@H]2CCCN2C(=O)[C@H](CO)NC(=O)[C@H](C)NC(=O)[C@H](CCC(=O)O)NC(=O)[C@H](CC(=O)O)NC(=O)[C@H](CCC(N)=O)NC(=O)[C@H](C)NC(=O)[C@H](CO)NC(=O)[C@@H]2CCCN2C(=O)[C@H](CO)NC(=O)CNC(=O)[C@H](C(C)C)NC(=O)[C@H](C(C)C)NC1=O. The van der Waals surface area contributed by atoms with Crippen LogP contribution in [0.25, 0.3) is 0 Å². The molecule has 3 fully saturated rings. The third-order valence-electron chi connectivity index (χ3n) is 15.5. The minimum atomic E-state index is -2.13. The first-order valence-electron chi connectivity index (χ1n) is 30.8. The van der Waals surface area contributed by atoms with Crippen molar-refractivity contribution >= 4 is 101 Å². The molecule has 3 heterocycles. The quantitative estimate of drug-likeness (QED) is 0.0724. The molecule has 94 heavy (non-hydrogen) atoms. The van der Waals surface area contributed by atoms with Crippen LogP contribution in [0.1, 0.15) is 120 Å². The van der Waals surface area contributed by atoms with E-state index in [1.807, 2.05) is 0 Å². The molecule has 0 aromatic carbocycles. The summed E-state index contributed by atoms with van der Waals surface area (Å²) in [5, 5.41) is 78.1. The van der Waals surface area contributed by atoms with Gasteiger partial charge in [0.25, 0.3) is 0 Å². The van der Waals surface area contributed by atoms with Crippen molar-refractivity contribution in [3.8, 4) is 0 Å². The van der Waals surface area contributed by atoms with Crippen molar-refractivity contribution in [2.75, 3.05) is 39.5 Å². The van der Waals surface area contributed by atoms with E-state index in [4.69, 9.17) is 5.73 Å². The lowest BCUT2D eigenvalue weighted by atomic mass is 9.98. The fourth-order valence-corrected chi connectivity index (χ4v) is 10.3. The number of carboxylic acids is 2. The molecule has 0 aliphatic carbocycles. The number of aliphatic hydroxyl groups excluding tert-OH is 3. The molecule has 3 aliphatic rings. The van der Waals surface area contributed by atoms with Crippen LogP contribution in [0, 0.1) is 17.8 Å². The fourth-order valence-electron chi connectivity index (χ4n) is 10.3. The van der Waals surface area contributed by atoms with Crippen LogP contribution in [0.5, 0.6) is 0 Å². The number of amides is 15. The highest BCUT2D eigenvalue weighted by atomic mass is 16.4. The van der Waals surface area contributed by atoms with E-state index in [-0.39, 0.29) is 51.1 Å². The first kappa shape index (κ1) is 79.1. The normalized spacial score (nSPS) is 28.3. The van der Waals surface area contributed by atoms with Crippen LogP contribution in [0.2, 0.25) is 0 Å². The average Bonchev–Trinajstić information content (AvgIpc) is 1.62. The Morgan fingerprint density at radius 3 is 1.29 bits per heavy atom. The summed E-state index contributed by atoms with van der Waals surface area (Å²) in [6.07, 6.45) is -3.54. The Hall–Kier alpha value is -9.13. The van der Waals surface area contributed by atoms with Crippen molar-refractivity contribution in [1.29, 1.82) is 0 Å². The van der Waals surface area contributed by atoms with Gasteiger partial charge in [-0.25, -0.2) is 0 Å². The maximum atomic E-state index is 14.1. The number of fused-ring (bicyclic) bond motifs is 2. The van der Waals surface area contributed by atoms with Gasteiger partial charge in [0, 0.05) is 25.9 Å². The summed E-state index contributed by atoms with van der Waals surface area (Å²) in [7, 11) is 0. The van der Waals surface area contributed by atoms with E-state index in [9.17, 15) is 107 Å². The Kier molecular flexibility index (Phi) is 31.6. The highest BCUT2D eigenvalue weighted by molar-refractivity contribution is 6.01. The Balaban J connectivity index is 2.07. The maximum Gasteiger partial charge on any atom is 0.305 e. The van der Waals surface area contributed by atoms with Crippen molar-refractivity contribution < 1.29 is 107 Å². The Bertz CT molecular complexity index is 2820. The third-order valence-corrected chi connectivity index (χ3v) is 15.5. The van der Waals surface area contributed by atoms with Gasteiger partial charge in [0.15, 0.2) is 0 Å². The zero-order chi connectivity index (χ0) is 71.0. The monoisotopic (exact) mass is 1340 g/mol. The van der Waals surface area contributed by atoms with Crippen LogP contribution >= 0.6 is 0 Å². The molecule has 13 atom stereocenters. The second-order valence-corrected chi connectivity index (χ2v) is 24.2. The molecule has 3 rings (SSSR count). The van der Waals surface area contributed by atoms with Crippen molar-refractivity contribution in [1.82, 2.24) is 73.6 Å². The number of primary amides is 1. The first-order chi connectivity index (χ1) is 44.0. The molecule has 19 N–H and O–H groups in total. The molecular formula is C57H91N15O22. The molecule has 3 saturated heterocycles. The summed E-state index contributed by atoms with van der Waals surface area (Å²) in [5.41, 5.74) is 5.30. The molecule has 0 aromatic heterocycles. The van der Waals surface area contributed by atoms with Crippen LogP contribution < -0.4 is 69.5 Å². The molecule has 0 saturated carbocycles. The lowest BCUT2D eigenvalue weighted by Crippen LogP contribution is -2.61. The number of nitrogens with two attached hydrogens (primary N) is 1. The molecule has 0 unspecified atom stereocenters. The summed E-state index contributed by atoms with van der Waals surface area (Å²) < 4.78 is 0. The predicted molar refractivity (Wildman–Crippen MR) is 323 cm³/mol. The Labute approximate surface area is 540 Å². The van der Waals surface area contributed by atoms with Crippen LogP contribution in [-0.2, 0) is 81.5 Å². The second kappa shape index (κ2) is 37.5. The van der Waals surface area contributed by atoms with Crippen LogP contribution in [0.4, 0.5) is 0 Å². The molecule has 0 aromatic rings. The van der Waals surface area contributed by atoms with Gasteiger partial charge in [0.1, 0.15) is 78.5 Å². The van der Waals surface area contributed by atoms with E-state index in [2.05, 4.69) is 63.8 Å². The van der Waals surface area contributed by atoms with Gasteiger partial charge < -0.3 is 105 Å². The van der Waals surface area contributed by atoms with Gasteiger partial charge in [0.2, 0.25) is 88.6 Å². The average molecular weight is 1340 g/mol. The first-order valence-corrected chi connectivity index (χ1v) is 30.8. The molecule has 3 aliphatic heterocycles. The van der Waals surface area contributed by atoms with Crippen molar-refractivity contribution in [3.05, 3.63) is 0 Å². The summed E-state index contributed by atoms with van der Waals surface area (Å²) >= 11 is 0. The molecule has 37 heteroatoms. The standard InChI is InChI=1S/C57H91N15O22/c1-25(2)19-32-50(87)69-44(27(5)6)55(92)70-43(26(3)4)54(91)59-21-40(77)62-35(23-74)56(93)71-17-10-12-38(71)53(90)67-34(22-73)51(88)61-28(7)45(82)63-30(13-15-39(58)76)48(85)65-33(20-42(80)81)49(86)64-31(14-16-41(78)79)47(84)60-29(8)46(83)68-36(24-75)57(94)72-18-9-11-37(72)52(89)66-32/h25-38,43-44,73-75H,9-24H2,1-8H3,(H2,58,76)(H,59,91)(H,60,84)(H,61,88)(H,62,77)(H,63,82)(H,64,86)(H,65,85)(H,66,89)(H,67,90)(H,68,83)(H,69,87)(H,70,92)(H,78,79)(H,80,81)/t28-,29-,30-,31-,32-,33-,34-,35-,36-,37-,38-,43-,44-/m0/s1. The van der Waals surface area contributed by atoms with E-state index in [0.29, 0.717) is 0 Å². The Morgan fingerprint density at radius 2 is 0.830 bits per heavy atom. The van der Waals surface area contributed by atoms with Crippen molar-refractivity contribution in [2.24, 2.45) is 23.5 Å². The van der Waals surface area contributed by atoms with Crippen molar-refractivity contribution in [2.45, 2.75) is 198 Å². The minimum Gasteiger partial charge on any atom is -0.481 e. The largest absolute Gasteiger partial charge is 0.481 e. The van der Waals surface area contributed by atoms with E-state index >= 15 is 0 Å². The van der Waals surface area contributed by atoms with Crippen LogP contribution in [-0.4, -0.2) is 254 Å². The predicted octanol–water partition coefficient (Wildman–Crippen LogP) is -8.59. The number of hydrogen-bond acceptors (Lipinski definition) is 20. The van der Waals surface area contributed by atoms with E-state index in [1.165, 1.54) is 0 Å². The van der Waals surface area contributed by atoms with Gasteiger partial charge in [-0.15, -0.1) is 0 Å². The smallest absolute Gasteiger partial charge is 0.305 e. The number of rotatable bonds is 15. The van der Waals surface area contributed by atoms with Crippen LogP contribution in [0.15, 0.2) is 0 Å². The second-order valence-electron chi connectivity index (χ2n) is 24.2. The van der Waals surface area contributed by atoms with Gasteiger partial charge in [-0.3, -0.25) is 81.5 Å².